The second-order valence-electron chi connectivity index (χ2n) is 7.61. The topological polar surface area (TPSA) is 130 Å². The van der Waals surface area contributed by atoms with Crippen LogP contribution in [-0.4, -0.2) is 30.4 Å². The highest BCUT2D eigenvalue weighted by atomic mass is 32.2. The summed E-state index contributed by atoms with van der Waals surface area (Å²) in [5.41, 5.74) is 1.11. The van der Waals surface area contributed by atoms with Crippen molar-refractivity contribution in [1.29, 1.82) is 0 Å². The van der Waals surface area contributed by atoms with Crippen LogP contribution in [0.25, 0.3) is 6.08 Å². The van der Waals surface area contributed by atoms with E-state index in [0.29, 0.717) is 11.3 Å². The molecule has 1 aliphatic carbocycles. The normalized spacial score (nSPS) is 14.7. The average molecular weight is 489 g/mol. The molecule has 174 valence electrons. The molecule has 0 radical (unpaired) electrons. The van der Waals surface area contributed by atoms with Crippen molar-refractivity contribution in [2.24, 2.45) is 0 Å². The summed E-state index contributed by atoms with van der Waals surface area (Å²) in [5.74, 6) is -0.485. The number of carbonyl (C=O) groups is 1. The molecule has 2 aromatic carbocycles. The highest BCUT2D eigenvalue weighted by Crippen LogP contribution is 2.21. The van der Waals surface area contributed by atoms with Gasteiger partial charge >= 0.3 is 0 Å². The van der Waals surface area contributed by atoms with Crippen LogP contribution in [0.3, 0.4) is 0 Å². The molecule has 0 saturated heterocycles. The Bertz CT molecular complexity index is 1140. The number of rotatable bonds is 7. The zero-order chi connectivity index (χ0) is 23.8. The van der Waals surface area contributed by atoms with Gasteiger partial charge in [0.25, 0.3) is 5.69 Å². The van der Waals surface area contributed by atoms with Crippen molar-refractivity contribution < 1.29 is 18.1 Å². The second kappa shape index (κ2) is 11.1. The molecule has 1 aliphatic rings. The third-order valence-corrected chi connectivity index (χ3v) is 6.86. The maximum atomic E-state index is 12.6. The molecule has 3 rings (SSSR count). The molecule has 0 bridgehead atoms. The van der Waals surface area contributed by atoms with Crippen LogP contribution in [0.1, 0.15) is 37.7 Å². The lowest BCUT2D eigenvalue weighted by Crippen LogP contribution is -2.36. The maximum absolute atomic E-state index is 12.6. The summed E-state index contributed by atoms with van der Waals surface area (Å²) in [6.07, 6.45) is 7.66. The van der Waals surface area contributed by atoms with Crippen LogP contribution in [0.5, 0.6) is 0 Å². The number of nitrogens with zero attached hydrogens (tertiary/aromatic N) is 1. The Kier molecular flexibility index (Phi) is 8.26. The summed E-state index contributed by atoms with van der Waals surface area (Å²) in [7, 11) is -3.59. The molecule has 3 N–H and O–H groups in total. The summed E-state index contributed by atoms with van der Waals surface area (Å²) < 4.78 is 27.9. The van der Waals surface area contributed by atoms with Crippen molar-refractivity contribution in [1.82, 2.24) is 10.0 Å². The smallest absolute Gasteiger partial charge is 0.269 e. The summed E-state index contributed by atoms with van der Waals surface area (Å²) in [6, 6.07) is 11.8. The van der Waals surface area contributed by atoms with Crippen LogP contribution in [0, 0.1) is 10.1 Å². The van der Waals surface area contributed by atoms with E-state index in [2.05, 4.69) is 15.4 Å². The molecule has 1 saturated carbocycles. The van der Waals surface area contributed by atoms with Gasteiger partial charge in [-0.1, -0.05) is 19.3 Å². The number of non-ortho nitro benzene ring substituents is 1. The zero-order valence-electron chi connectivity index (χ0n) is 17.7. The Morgan fingerprint density at radius 2 is 1.67 bits per heavy atom. The van der Waals surface area contributed by atoms with Gasteiger partial charge < -0.3 is 5.32 Å². The van der Waals surface area contributed by atoms with Gasteiger partial charge in [-0.15, -0.1) is 0 Å². The molecule has 33 heavy (non-hydrogen) atoms. The van der Waals surface area contributed by atoms with Gasteiger partial charge in [0.05, 0.1) is 9.82 Å². The minimum absolute atomic E-state index is 0.0246. The van der Waals surface area contributed by atoms with Crippen LogP contribution < -0.4 is 15.4 Å². The van der Waals surface area contributed by atoms with E-state index in [9.17, 15) is 23.3 Å². The number of nitro benzene ring substituents is 1. The standard InChI is InChI=1S/C22H24N4O5S2/c27-21(15-8-16-6-11-19(12-7-16)26(28)29)24-22(32)23-17-9-13-20(14-10-17)33(30,31)25-18-4-2-1-3-5-18/h6-15,18,25H,1-5H2,(H2,23,24,27,32)/b15-8+. The monoisotopic (exact) mass is 488 g/mol. The van der Waals surface area contributed by atoms with Crippen molar-refractivity contribution in [3.05, 3.63) is 70.3 Å². The van der Waals surface area contributed by atoms with Crippen molar-refractivity contribution in [2.45, 2.75) is 43.0 Å². The highest BCUT2D eigenvalue weighted by molar-refractivity contribution is 7.89. The lowest BCUT2D eigenvalue weighted by Gasteiger charge is -2.22. The SMILES string of the molecule is O=C(/C=C/c1ccc([N+](=O)[O-])cc1)NC(=S)Nc1ccc(S(=O)(=O)NC2CCCCC2)cc1. The lowest BCUT2D eigenvalue weighted by atomic mass is 9.96. The van der Waals surface area contributed by atoms with E-state index in [0.717, 1.165) is 32.1 Å². The summed E-state index contributed by atoms with van der Waals surface area (Å²) in [5, 5.41) is 16.0. The van der Waals surface area contributed by atoms with Crippen molar-refractivity contribution in [2.75, 3.05) is 5.32 Å². The summed E-state index contributed by atoms with van der Waals surface area (Å²) in [4.78, 5) is 22.4. The van der Waals surface area contributed by atoms with Gasteiger partial charge in [0.15, 0.2) is 5.11 Å². The van der Waals surface area contributed by atoms with Crippen LogP contribution in [0.15, 0.2) is 59.5 Å². The molecule has 11 heteroatoms. The van der Waals surface area contributed by atoms with Crippen LogP contribution in [0.2, 0.25) is 0 Å². The Morgan fingerprint density at radius 3 is 2.27 bits per heavy atom. The molecular formula is C22H24N4O5S2. The van der Waals surface area contributed by atoms with Crippen LogP contribution in [0.4, 0.5) is 11.4 Å². The molecule has 0 atom stereocenters. The maximum Gasteiger partial charge on any atom is 0.269 e. The number of hydrogen-bond donors (Lipinski definition) is 3. The molecule has 1 fully saturated rings. The molecule has 1 amide bonds. The Labute approximate surface area is 197 Å². The first kappa shape index (κ1) is 24.5. The van der Waals surface area contributed by atoms with E-state index in [4.69, 9.17) is 12.2 Å². The van der Waals surface area contributed by atoms with Gasteiger partial charge in [0.1, 0.15) is 0 Å². The fourth-order valence-electron chi connectivity index (χ4n) is 3.42. The van der Waals surface area contributed by atoms with Gasteiger partial charge in [0, 0.05) is 29.9 Å². The van der Waals surface area contributed by atoms with Crippen molar-refractivity contribution >= 4 is 50.7 Å². The molecule has 2 aromatic rings. The van der Waals surface area contributed by atoms with E-state index >= 15 is 0 Å². The number of thiocarbonyl (C=S) groups is 1. The van der Waals surface area contributed by atoms with Gasteiger partial charge in [-0.25, -0.2) is 13.1 Å². The fourth-order valence-corrected chi connectivity index (χ4v) is 4.94. The van der Waals surface area contributed by atoms with E-state index < -0.39 is 20.9 Å². The molecule has 0 heterocycles. The van der Waals surface area contributed by atoms with E-state index in [1.54, 1.807) is 12.1 Å². The molecule has 0 aromatic heterocycles. The lowest BCUT2D eigenvalue weighted by molar-refractivity contribution is -0.384. The van der Waals surface area contributed by atoms with E-state index in [1.165, 1.54) is 48.6 Å². The number of carbonyl (C=O) groups excluding carboxylic acids is 1. The molecule has 0 aliphatic heterocycles. The number of benzene rings is 2. The first-order chi connectivity index (χ1) is 15.7. The first-order valence-electron chi connectivity index (χ1n) is 10.4. The number of nitrogens with one attached hydrogen (secondary N) is 3. The van der Waals surface area contributed by atoms with Gasteiger partial charge in [-0.05, 0) is 73.1 Å². The van der Waals surface area contributed by atoms with Crippen molar-refractivity contribution in [3.63, 3.8) is 0 Å². The first-order valence-corrected chi connectivity index (χ1v) is 12.3. The second-order valence-corrected chi connectivity index (χ2v) is 9.73. The number of sulfonamides is 1. The number of anilines is 1. The van der Waals surface area contributed by atoms with Gasteiger partial charge in [-0.3, -0.25) is 20.2 Å². The number of nitro groups is 1. The number of hydrogen-bond acceptors (Lipinski definition) is 6. The van der Waals surface area contributed by atoms with Crippen LogP contribution in [-0.2, 0) is 14.8 Å². The fraction of sp³-hybridized carbons (Fsp3) is 0.273. The minimum atomic E-state index is -3.59. The highest BCUT2D eigenvalue weighted by Gasteiger charge is 2.21. The Balaban J connectivity index is 1.51. The molecule has 0 unspecified atom stereocenters. The largest absolute Gasteiger partial charge is 0.332 e. The van der Waals surface area contributed by atoms with Crippen molar-refractivity contribution in [3.8, 4) is 0 Å². The summed E-state index contributed by atoms with van der Waals surface area (Å²) >= 11 is 5.12. The third-order valence-electron chi connectivity index (χ3n) is 5.12. The predicted molar refractivity (Wildman–Crippen MR) is 130 cm³/mol. The Morgan fingerprint density at radius 1 is 1.03 bits per heavy atom. The van der Waals surface area contributed by atoms with E-state index in [1.807, 2.05) is 0 Å². The average Bonchev–Trinajstić information content (AvgIpc) is 2.78. The van der Waals surface area contributed by atoms with Gasteiger partial charge in [-0.2, -0.15) is 0 Å². The predicted octanol–water partition coefficient (Wildman–Crippen LogP) is 3.73. The van der Waals surface area contributed by atoms with E-state index in [-0.39, 0.29) is 21.7 Å². The number of amides is 1. The minimum Gasteiger partial charge on any atom is -0.332 e. The van der Waals surface area contributed by atoms with Crippen LogP contribution >= 0.6 is 12.2 Å². The van der Waals surface area contributed by atoms with Gasteiger partial charge in [0.2, 0.25) is 15.9 Å². The zero-order valence-corrected chi connectivity index (χ0v) is 19.3. The quantitative estimate of drug-likeness (QED) is 0.234. The third kappa shape index (κ3) is 7.45. The summed E-state index contributed by atoms with van der Waals surface area (Å²) in [6.45, 7) is 0. The molecular weight excluding hydrogens is 464 g/mol. The molecule has 9 nitrogen and oxygen atoms in total. The Hall–Kier alpha value is -3.15. The molecule has 0 spiro atoms.